The molecule has 0 spiro atoms. The number of fused-ring (bicyclic) bond motifs is 2. The topological polar surface area (TPSA) is 93.3 Å². The molecule has 3 aromatic carbocycles. The van der Waals surface area contributed by atoms with Crippen LogP contribution >= 0.6 is 0 Å². The first-order valence-corrected chi connectivity index (χ1v) is 14.3. The number of methoxy groups -OCH3 is 1. The molecule has 220 valence electrons. The maximum Gasteiger partial charge on any atom is 0.254 e. The summed E-state index contributed by atoms with van der Waals surface area (Å²) in [5, 5.41) is 1.14. The summed E-state index contributed by atoms with van der Waals surface area (Å²) >= 11 is 0. The van der Waals surface area contributed by atoms with Gasteiger partial charge in [-0.15, -0.1) is 0 Å². The number of carbonyl (C=O) groups is 2. The SMILES string of the molecule is CCOc1ccc(CN(CCc2c[nH]c3ccccc23)C(=O)CN(CCCOC)C(=O)c2ccc3c(c2)OCO3)cc1. The number of para-hydroxylation sites is 1. The molecule has 0 aliphatic carbocycles. The fourth-order valence-corrected chi connectivity index (χ4v) is 5.09. The van der Waals surface area contributed by atoms with Gasteiger partial charge in [0.05, 0.1) is 6.61 Å². The van der Waals surface area contributed by atoms with E-state index < -0.39 is 0 Å². The number of rotatable bonds is 14. The summed E-state index contributed by atoms with van der Waals surface area (Å²) in [7, 11) is 1.62. The van der Waals surface area contributed by atoms with Crippen LogP contribution in [0.5, 0.6) is 17.2 Å². The lowest BCUT2D eigenvalue weighted by molar-refractivity contribution is -0.132. The van der Waals surface area contributed by atoms with Crippen molar-refractivity contribution < 1.29 is 28.5 Å². The molecular formula is C33H37N3O6. The molecule has 9 nitrogen and oxygen atoms in total. The second kappa shape index (κ2) is 13.9. The van der Waals surface area contributed by atoms with Crippen molar-refractivity contribution in [3.8, 4) is 17.2 Å². The molecule has 1 aliphatic heterocycles. The van der Waals surface area contributed by atoms with Gasteiger partial charge in [0.2, 0.25) is 12.7 Å². The van der Waals surface area contributed by atoms with Crippen molar-refractivity contribution in [1.82, 2.24) is 14.8 Å². The highest BCUT2D eigenvalue weighted by molar-refractivity contribution is 5.97. The molecule has 1 aromatic heterocycles. The number of hydrogen-bond donors (Lipinski definition) is 1. The molecule has 0 saturated heterocycles. The van der Waals surface area contributed by atoms with Gasteiger partial charge in [0.1, 0.15) is 12.3 Å². The lowest BCUT2D eigenvalue weighted by Crippen LogP contribution is -2.44. The van der Waals surface area contributed by atoms with Gasteiger partial charge in [0.15, 0.2) is 11.5 Å². The van der Waals surface area contributed by atoms with Crippen LogP contribution in [0.3, 0.4) is 0 Å². The van der Waals surface area contributed by atoms with Crippen LogP contribution in [-0.2, 0) is 22.5 Å². The fourth-order valence-electron chi connectivity index (χ4n) is 5.09. The van der Waals surface area contributed by atoms with Crippen molar-refractivity contribution >= 4 is 22.7 Å². The molecular weight excluding hydrogens is 534 g/mol. The van der Waals surface area contributed by atoms with Gasteiger partial charge in [-0.2, -0.15) is 0 Å². The van der Waals surface area contributed by atoms with Gasteiger partial charge in [-0.05, 0) is 67.3 Å². The molecule has 42 heavy (non-hydrogen) atoms. The first-order chi connectivity index (χ1) is 20.6. The third kappa shape index (κ3) is 7.03. The van der Waals surface area contributed by atoms with Gasteiger partial charge >= 0.3 is 0 Å². The molecule has 5 rings (SSSR count). The zero-order valence-corrected chi connectivity index (χ0v) is 24.1. The summed E-state index contributed by atoms with van der Waals surface area (Å²) in [6.07, 6.45) is 3.28. The van der Waals surface area contributed by atoms with E-state index in [1.54, 1.807) is 30.2 Å². The molecule has 1 N–H and O–H groups in total. The second-order valence-corrected chi connectivity index (χ2v) is 10.1. The predicted molar refractivity (Wildman–Crippen MR) is 160 cm³/mol. The summed E-state index contributed by atoms with van der Waals surface area (Å²) in [6.45, 7) is 4.38. The normalized spacial score (nSPS) is 12.0. The third-order valence-corrected chi connectivity index (χ3v) is 7.30. The van der Waals surface area contributed by atoms with Gasteiger partial charge < -0.3 is 33.7 Å². The Bertz CT molecular complexity index is 1500. The number of ether oxygens (including phenoxy) is 4. The van der Waals surface area contributed by atoms with Crippen LogP contribution in [-0.4, -0.2) is 73.3 Å². The maximum absolute atomic E-state index is 13.9. The van der Waals surface area contributed by atoms with E-state index in [-0.39, 0.29) is 25.2 Å². The van der Waals surface area contributed by atoms with E-state index in [1.807, 2.05) is 60.5 Å². The van der Waals surface area contributed by atoms with Crippen molar-refractivity contribution in [2.45, 2.75) is 26.3 Å². The van der Waals surface area contributed by atoms with Crippen molar-refractivity contribution in [1.29, 1.82) is 0 Å². The molecule has 0 unspecified atom stereocenters. The summed E-state index contributed by atoms with van der Waals surface area (Å²) in [5.74, 6) is 1.55. The number of hydrogen-bond acceptors (Lipinski definition) is 6. The van der Waals surface area contributed by atoms with Crippen molar-refractivity contribution in [3.05, 3.63) is 89.6 Å². The molecule has 0 radical (unpaired) electrons. The standard InChI is InChI=1S/C33H37N3O6/c1-3-40-27-12-9-24(10-13-27)21-35(17-15-26-20-34-29-8-5-4-7-28(26)29)32(37)22-36(16-6-18-39-2)33(38)25-11-14-30-31(19-25)42-23-41-30/h4-5,7-14,19-20,34H,3,6,15-18,21-23H2,1-2H3. The van der Waals surface area contributed by atoms with Crippen LogP contribution in [0, 0.1) is 0 Å². The zero-order valence-electron chi connectivity index (χ0n) is 24.1. The largest absolute Gasteiger partial charge is 0.494 e. The first kappa shape index (κ1) is 29.0. The highest BCUT2D eigenvalue weighted by Crippen LogP contribution is 2.33. The molecule has 2 amide bonds. The molecule has 1 aliphatic rings. The van der Waals surface area contributed by atoms with E-state index in [9.17, 15) is 9.59 Å². The van der Waals surface area contributed by atoms with Crippen molar-refractivity contribution in [3.63, 3.8) is 0 Å². The van der Waals surface area contributed by atoms with Crippen LogP contribution < -0.4 is 14.2 Å². The van der Waals surface area contributed by atoms with Crippen molar-refractivity contribution in [2.24, 2.45) is 0 Å². The van der Waals surface area contributed by atoms with E-state index in [0.717, 1.165) is 27.8 Å². The Balaban J connectivity index is 1.35. The summed E-state index contributed by atoms with van der Waals surface area (Å²) in [4.78, 5) is 34.3. The number of nitrogens with zero attached hydrogens (tertiary/aromatic N) is 2. The second-order valence-electron chi connectivity index (χ2n) is 10.1. The van der Waals surface area contributed by atoms with Gasteiger partial charge in [-0.25, -0.2) is 0 Å². The molecule has 0 fully saturated rings. The van der Waals surface area contributed by atoms with Crippen molar-refractivity contribution in [2.75, 3.05) is 46.8 Å². The van der Waals surface area contributed by atoms with Gasteiger partial charge in [-0.1, -0.05) is 30.3 Å². The average Bonchev–Trinajstić information content (AvgIpc) is 3.66. The lowest BCUT2D eigenvalue weighted by Gasteiger charge is -2.28. The Morgan fingerprint density at radius 2 is 1.76 bits per heavy atom. The Kier molecular flexibility index (Phi) is 9.61. The Morgan fingerprint density at radius 3 is 2.57 bits per heavy atom. The minimum Gasteiger partial charge on any atom is -0.494 e. The lowest BCUT2D eigenvalue weighted by atomic mass is 10.1. The summed E-state index contributed by atoms with van der Waals surface area (Å²) in [5.41, 5.74) is 3.64. The number of carbonyl (C=O) groups excluding carboxylic acids is 2. The number of aromatic amines is 1. The smallest absolute Gasteiger partial charge is 0.254 e. The number of aromatic nitrogens is 1. The molecule has 9 heteroatoms. The molecule has 4 aromatic rings. The van der Waals surface area contributed by atoms with E-state index in [4.69, 9.17) is 18.9 Å². The molecule has 0 bridgehead atoms. The minimum absolute atomic E-state index is 0.0537. The van der Waals surface area contributed by atoms with Crippen LogP contribution in [0.2, 0.25) is 0 Å². The highest BCUT2D eigenvalue weighted by atomic mass is 16.7. The van der Waals surface area contributed by atoms with E-state index in [1.165, 1.54) is 0 Å². The van der Waals surface area contributed by atoms with E-state index in [0.29, 0.717) is 62.8 Å². The molecule has 2 heterocycles. The zero-order chi connectivity index (χ0) is 29.3. The number of benzene rings is 3. The van der Waals surface area contributed by atoms with Gasteiger partial charge in [-0.3, -0.25) is 9.59 Å². The van der Waals surface area contributed by atoms with E-state index in [2.05, 4.69) is 11.1 Å². The summed E-state index contributed by atoms with van der Waals surface area (Å²) in [6, 6.07) is 21.0. The van der Waals surface area contributed by atoms with Crippen LogP contribution in [0.15, 0.2) is 72.9 Å². The third-order valence-electron chi connectivity index (χ3n) is 7.30. The average molecular weight is 572 g/mol. The maximum atomic E-state index is 13.9. The quantitative estimate of drug-likeness (QED) is 0.213. The van der Waals surface area contributed by atoms with E-state index >= 15 is 0 Å². The minimum atomic E-state index is -0.240. The Morgan fingerprint density at radius 1 is 0.952 bits per heavy atom. The van der Waals surface area contributed by atoms with Gasteiger partial charge in [0, 0.05) is 56.0 Å². The fraction of sp³-hybridized carbons (Fsp3) is 0.333. The molecule has 0 atom stereocenters. The monoisotopic (exact) mass is 571 g/mol. The number of nitrogens with one attached hydrogen (secondary N) is 1. The Labute approximate surface area is 245 Å². The van der Waals surface area contributed by atoms with Crippen LogP contribution in [0.1, 0.15) is 34.8 Å². The number of amides is 2. The van der Waals surface area contributed by atoms with Crippen LogP contribution in [0.4, 0.5) is 0 Å². The Hall–Kier alpha value is -4.50. The highest BCUT2D eigenvalue weighted by Gasteiger charge is 2.25. The van der Waals surface area contributed by atoms with Gasteiger partial charge in [0.25, 0.3) is 5.91 Å². The van der Waals surface area contributed by atoms with Crippen LogP contribution in [0.25, 0.3) is 10.9 Å². The predicted octanol–water partition coefficient (Wildman–Crippen LogP) is 5.05. The first-order valence-electron chi connectivity index (χ1n) is 14.3. The summed E-state index contributed by atoms with van der Waals surface area (Å²) < 4.78 is 21.7. The molecule has 0 saturated carbocycles. The number of H-pyrrole nitrogens is 1.